The lowest BCUT2D eigenvalue weighted by Crippen LogP contribution is -2.29. The average Bonchev–Trinajstić information content (AvgIpc) is 2.48. The summed E-state index contributed by atoms with van der Waals surface area (Å²) < 4.78 is 0. The number of amides is 1. The molecule has 0 fully saturated rings. The van der Waals surface area contributed by atoms with Crippen LogP contribution in [-0.2, 0) is 6.42 Å². The van der Waals surface area contributed by atoms with E-state index in [4.69, 9.17) is 5.73 Å². The van der Waals surface area contributed by atoms with Crippen LogP contribution in [0.25, 0.3) is 0 Å². The zero-order valence-corrected chi connectivity index (χ0v) is 12.0. The molecule has 0 aromatic heterocycles. The number of hydrogen-bond donors (Lipinski definition) is 1. The smallest absolute Gasteiger partial charge is 0.253 e. The van der Waals surface area contributed by atoms with E-state index >= 15 is 0 Å². The Kier molecular flexibility index (Phi) is 4.41. The van der Waals surface area contributed by atoms with Gasteiger partial charge >= 0.3 is 0 Å². The zero-order chi connectivity index (χ0) is 14.5. The van der Waals surface area contributed by atoms with Crippen LogP contribution in [0.3, 0.4) is 0 Å². The summed E-state index contributed by atoms with van der Waals surface area (Å²) in [6, 6.07) is 15.6. The van der Waals surface area contributed by atoms with E-state index in [9.17, 15) is 4.79 Å². The number of hydrogen-bond acceptors (Lipinski definition) is 2. The molecule has 0 saturated carbocycles. The molecule has 0 aliphatic carbocycles. The van der Waals surface area contributed by atoms with Gasteiger partial charge < -0.3 is 10.6 Å². The number of nitrogen functional groups attached to an aromatic ring is 1. The molecule has 0 spiro atoms. The van der Waals surface area contributed by atoms with Gasteiger partial charge in [-0.25, -0.2) is 0 Å². The van der Waals surface area contributed by atoms with Crippen molar-refractivity contribution >= 4 is 11.6 Å². The van der Waals surface area contributed by atoms with Crippen LogP contribution in [0.4, 0.5) is 5.69 Å². The van der Waals surface area contributed by atoms with Crippen LogP contribution in [-0.4, -0.2) is 24.4 Å². The van der Waals surface area contributed by atoms with Crippen LogP contribution in [0.15, 0.2) is 48.5 Å². The first-order valence-electron chi connectivity index (χ1n) is 6.74. The zero-order valence-electron chi connectivity index (χ0n) is 12.0. The minimum absolute atomic E-state index is 0.0192. The number of carbonyl (C=O) groups excluding carboxylic acids is 1. The number of rotatable bonds is 4. The van der Waals surface area contributed by atoms with Crippen LogP contribution >= 0.6 is 0 Å². The third kappa shape index (κ3) is 3.18. The third-order valence-corrected chi connectivity index (χ3v) is 3.53. The van der Waals surface area contributed by atoms with Gasteiger partial charge in [0.15, 0.2) is 0 Å². The van der Waals surface area contributed by atoms with Crippen LogP contribution in [0.1, 0.15) is 21.5 Å². The van der Waals surface area contributed by atoms with Crippen LogP contribution < -0.4 is 5.73 Å². The minimum atomic E-state index is 0.0192. The van der Waals surface area contributed by atoms with Crippen molar-refractivity contribution in [1.29, 1.82) is 0 Å². The van der Waals surface area contributed by atoms with Gasteiger partial charge in [0.2, 0.25) is 0 Å². The molecule has 0 atom stereocenters. The molecule has 0 aliphatic heterocycles. The van der Waals surface area contributed by atoms with Gasteiger partial charge in [-0.1, -0.05) is 36.4 Å². The lowest BCUT2D eigenvalue weighted by atomic mass is 10.1. The number of anilines is 1. The van der Waals surface area contributed by atoms with Crippen LogP contribution in [0.2, 0.25) is 0 Å². The second-order valence-electron chi connectivity index (χ2n) is 4.98. The molecule has 3 heteroatoms. The highest BCUT2D eigenvalue weighted by Gasteiger charge is 2.14. The van der Waals surface area contributed by atoms with E-state index in [1.807, 2.05) is 50.4 Å². The molecule has 2 rings (SSSR count). The number of nitrogens with zero attached hydrogens (tertiary/aromatic N) is 1. The van der Waals surface area contributed by atoms with Crippen LogP contribution in [0, 0.1) is 6.92 Å². The molecular weight excluding hydrogens is 248 g/mol. The largest absolute Gasteiger partial charge is 0.398 e. The normalized spacial score (nSPS) is 10.3. The molecule has 1 amide bonds. The van der Waals surface area contributed by atoms with Crippen molar-refractivity contribution in [2.45, 2.75) is 13.3 Å². The van der Waals surface area contributed by atoms with Gasteiger partial charge in [-0.15, -0.1) is 0 Å². The summed E-state index contributed by atoms with van der Waals surface area (Å²) in [5.41, 5.74) is 9.28. The Bertz CT molecular complexity index is 593. The van der Waals surface area contributed by atoms with Gasteiger partial charge in [0.25, 0.3) is 5.91 Å². The minimum Gasteiger partial charge on any atom is -0.398 e. The molecule has 2 aromatic rings. The summed E-state index contributed by atoms with van der Waals surface area (Å²) in [6.45, 7) is 2.57. The molecule has 0 heterocycles. The Hall–Kier alpha value is -2.29. The fourth-order valence-electron chi connectivity index (χ4n) is 2.13. The SMILES string of the molecule is Cc1c(N)cccc1C(=O)N(C)CCc1ccccc1. The first kappa shape index (κ1) is 14.1. The first-order chi connectivity index (χ1) is 9.59. The van der Waals surface area contributed by atoms with E-state index in [1.165, 1.54) is 5.56 Å². The lowest BCUT2D eigenvalue weighted by Gasteiger charge is -2.19. The second-order valence-corrected chi connectivity index (χ2v) is 4.98. The van der Waals surface area contributed by atoms with Crippen LogP contribution in [0.5, 0.6) is 0 Å². The van der Waals surface area contributed by atoms with Crippen molar-refractivity contribution in [3.63, 3.8) is 0 Å². The van der Waals surface area contributed by atoms with E-state index in [1.54, 1.807) is 4.90 Å². The lowest BCUT2D eigenvalue weighted by molar-refractivity contribution is 0.0796. The maximum absolute atomic E-state index is 12.4. The number of carbonyl (C=O) groups is 1. The van der Waals surface area contributed by atoms with E-state index in [0.29, 0.717) is 17.8 Å². The summed E-state index contributed by atoms with van der Waals surface area (Å²) in [6.07, 6.45) is 0.852. The Morgan fingerprint density at radius 2 is 1.80 bits per heavy atom. The standard InChI is InChI=1S/C17H20N2O/c1-13-15(9-6-10-16(13)18)17(20)19(2)12-11-14-7-4-3-5-8-14/h3-10H,11-12,18H2,1-2H3. The Morgan fingerprint density at radius 1 is 1.10 bits per heavy atom. The average molecular weight is 268 g/mol. The van der Waals surface area contributed by atoms with Gasteiger partial charge in [0.1, 0.15) is 0 Å². The van der Waals surface area contributed by atoms with Gasteiger partial charge in [-0.2, -0.15) is 0 Å². The van der Waals surface area contributed by atoms with Crippen molar-refractivity contribution in [3.05, 3.63) is 65.2 Å². The molecule has 3 nitrogen and oxygen atoms in total. The highest BCUT2D eigenvalue weighted by molar-refractivity contribution is 5.96. The molecule has 20 heavy (non-hydrogen) atoms. The molecule has 0 saturated heterocycles. The van der Waals surface area contributed by atoms with E-state index in [0.717, 1.165) is 12.0 Å². The summed E-state index contributed by atoms with van der Waals surface area (Å²) in [5, 5.41) is 0. The van der Waals surface area contributed by atoms with E-state index in [2.05, 4.69) is 12.1 Å². The second kappa shape index (κ2) is 6.24. The molecule has 0 unspecified atom stereocenters. The molecule has 104 valence electrons. The highest BCUT2D eigenvalue weighted by Crippen LogP contribution is 2.17. The number of nitrogens with two attached hydrogens (primary N) is 1. The first-order valence-corrected chi connectivity index (χ1v) is 6.74. The van der Waals surface area contributed by atoms with Gasteiger partial charge in [-0.05, 0) is 36.6 Å². The predicted octanol–water partition coefficient (Wildman–Crippen LogP) is 2.89. The Balaban J connectivity index is 2.04. The van der Waals surface area contributed by atoms with Crippen molar-refractivity contribution in [2.75, 3.05) is 19.3 Å². The predicted molar refractivity (Wildman–Crippen MR) is 82.7 cm³/mol. The third-order valence-electron chi connectivity index (χ3n) is 3.53. The molecule has 0 radical (unpaired) electrons. The van der Waals surface area contributed by atoms with Crippen molar-refractivity contribution in [1.82, 2.24) is 4.90 Å². The summed E-state index contributed by atoms with van der Waals surface area (Å²) in [7, 11) is 1.83. The maximum atomic E-state index is 12.4. The molecular formula is C17H20N2O. The van der Waals surface area contributed by atoms with Crippen molar-refractivity contribution in [3.8, 4) is 0 Å². The summed E-state index contributed by atoms with van der Waals surface area (Å²) >= 11 is 0. The van der Waals surface area contributed by atoms with Crippen molar-refractivity contribution < 1.29 is 4.79 Å². The number of likely N-dealkylation sites (N-methyl/N-ethyl adjacent to an activating group) is 1. The fourth-order valence-corrected chi connectivity index (χ4v) is 2.13. The summed E-state index contributed by atoms with van der Waals surface area (Å²) in [5.74, 6) is 0.0192. The van der Waals surface area contributed by atoms with E-state index < -0.39 is 0 Å². The van der Waals surface area contributed by atoms with Gasteiger partial charge in [0.05, 0.1) is 0 Å². The highest BCUT2D eigenvalue weighted by atomic mass is 16.2. The summed E-state index contributed by atoms with van der Waals surface area (Å²) in [4.78, 5) is 14.2. The Labute approximate surface area is 120 Å². The van der Waals surface area contributed by atoms with E-state index in [-0.39, 0.29) is 5.91 Å². The maximum Gasteiger partial charge on any atom is 0.253 e. The number of benzene rings is 2. The fraction of sp³-hybridized carbons (Fsp3) is 0.235. The molecule has 0 aliphatic rings. The molecule has 2 N–H and O–H groups in total. The van der Waals surface area contributed by atoms with Crippen molar-refractivity contribution in [2.24, 2.45) is 0 Å². The Morgan fingerprint density at radius 3 is 2.50 bits per heavy atom. The molecule has 0 bridgehead atoms. The molecule has 2 aromatic carbocycles. The topological polar surface area (TPSA) is 46.3 Å². The van der Waals surface area contributed by atoms with Gasteiger partial charge in [0, 0.05) is 24.8 Å². The quantitative estimate of drug-likeness (QED) is 0.867. The van der Waals surface area contributed by atoms with Gasteiger partial charge in [-0.3, -0.25) is 4.79 Å². The monoisotopic (exact) mass is 268 g/mol.